The second-order valence-corrected chi connectivity index (χ2v) is 3.60. The lowest BCUT2D eigenvalue weighted by Gasteiger charge is -2.29. The van der Waals surface area contributed by atoms with Gasteiger partial charge in [-0.1, -0.05) is 0 Å². The number of hydrogen-bond donors (Lipinski definition) is 2. The van der Waals surface area contributed by atoms with E-state index in [0.29, 0.717) is 11.7 Å². The average molecular weight is 194 g/mol. The third kappa shape index (κ3) is 1.77. The van der Waals surface area contributed by atoms with Crippen molar-refractivity contribution in [3.63, 3.8) is 0 Å². The molecular formula is C9H14N4O. The van der Waals surface area contributed by atoms with Crippen molar-refractivity contribution >= 4 is 12.2 Å². The molecule has 2 heterocycles. The van der Waals surface area contributed by atoms with Gasteiger partial charge in [0.2, 0.25) is 5.95 Å². The zero-order chi connectivity index (χ0) is 9.97. The largest absolute Gasteiger partial charge is 0.342 e. The lowest BCUT2D eigenvalue weighted by Crippen LogP contribution is -2.40. The highest BCUT2D eigenvalue weighted by Crippen LogP contribution is 2.15. The third-order valence-corrected chi connectivity index (χ3v) is 2.55. The van der Waals surface area contributed by atoms with Gasteiger partial charge in [-0.05, 0) is 12.8 Å². The van der Waals surface area contributed by atoms with Gasteiger partial charge >= 0.3 is 0 Å². The van der Waals surface area contributed by atoms with Crippen LogP contribution in [0.2, 0.25) is 0 Å². The molecule has 1 aliphatic heterocycles. The summed E-state index contributed by atoms with van der Waals surface area (Å²) in [4.78, 5) is 19.7. The molecular weight excluding hydrogens is 180 g/mol. The van der Waals surface area contributed by atoms with Gasteiger partial charge in [0.1, 0.15) is 0 Å². The number of carbonyl (C=O) groups excluding carboxylic acids is 1. The fraction of sp³-hybridized carbons (Fsp3) is 0.556. The van der Waals surface area contributed by atoms with Gasteiger partial charge < -0.3 is 15.6 Å². The summed E-state index contributed by atoms with van der Waals surface area (Å²) < 4.78 is 0. The van der Waals surface area contributed by atoms with Crippen LogP contribution >= 0.6 is 0 Å². The first-order valence-corrected chi connectivity index (χ1v) is 4.80. The van der Waals surface area contributed by atoms with Crippen molar-refractivity contribution in [1.82, 2.24) is 9.97 Å². The van der Waals surface area contributed by atoms with Crippen LogP contribution in [0.3, 0.4) is 0 Å². The number of piperidine rings is 1. The predicted molar refractivity (Wildman–Crippen MR) is 53.4 cm³/mol. The highest BCUT2D eigenvalue weighted by molar-refractivity contribution is 5.72. The third-order valence-electron chi connectivity index (χ3n) is 2.55. The van der Waals surface area contributed by atoms with E-state index in [-0.39, 0.29) is 0 Å². The molecule has 1 saturated heterocycles. The fourth-order valence-corrected chi connectivity index (χ4v) is 1.66. The summed E-state index contributed by atoms with van der Waals surface area (Å²) in [6, 6.07) is 0.312. The molecule has 0 unspecified atom stereocenters. The molecule has 0 bridgehead atoms. The minimum Gasteiger partial charge on any atom is -0.342 e. The topological polar surface area (TPSA) is 75.0 Å². The number of aldehydes is 1. The zero-order valence-corrected chi connectivity index (χ0v) is 7.94. The van der Waals surface area contributed by atoms with E-state index in [1.54, 1.807) is 6.20 Å². The van der Waals surface area contributed by atoms with Crippen LogP contribution in [0.15, 0.2) is 6.20 Å². The molecule has 0 radical (unpaired) electrons. The van der Waals surface area contributed by atoms with Crippen LogP contribution in [0.1, 0.15) is 23.3 Å². The summed E-state index contributed by atoms with van der Waals surface area (Å²) in [7, 11) is 0. The summed E-state index contributed by atoms with van der Waals surface area (Å²) in [5, 5.41) is 0. The van der Waals surface area contributed by atoms with Crippen molar-refractivity contribution < 1.29 is 4.79 Å². The molecule has 14 heavy (non-hydrogen) atoms. The molecule has 0 saturated carbocycles. The minimum atomic E-state index is 0.312. The number of nitrogens with zero attached hydrogens (tertiary/aromatic N) is 2. The number of H-pyrrole nitrogens is 1. The van der Waals surface area contributed by atoms with Crippen molar-refractivity contribution in [2.45, 2.75) is 18.9 Å². The summed E-state index contributed by atoms with van der Waals surface area (Å²) in [5.41, 5.74) is 6.32. The van der Waals surface area contributed by atoms with E-state index in [9.17, 15) is 4.79 Å². The molecule has 1 aromatic rings. The van der Waals surface area contributed by atoms with Gasteiger partial charge in [0.25, 0.3) is 0 Å². The van der Waals surface area contributed by atoms with Gasteiger partial charge in [0.05, 0.1) is 11.9 Å². The van der Waals surface area contributed by atoms with Gasteiger partial charge in [-0.25, -0.2) is 4.98 Å². The molecule has 5 nitrogen and oxygen atoms in total. The molecule has 1 aromatic heterocycles. The monoisotopic (exact) mass is 194 g/mol. The standard InChI is InChI=1S/C9H14N4O/c10-7-1-3-13(4-2-7)9-11-5-8(6-14)12-9/h5-7H,1-4,10H2,(H,11,12). The zero-order valence-electron chi connectivity index (χ0n) is 7.94. The first kappa shape index (κ1) is 9.21. The Kier molecular flexibility index (Phi) is 2.49. The maximum absolute atomic E-state index is 10.4. The molecule has 0 amide bonds. The fourth-order valence-electron chi connectivity index (χ4n) is 1.66. The second kappa shape index (κ2) is 3.79. The van der Waals surface area contributed by atoms with Crippen molar-refractivity contribution in [3.05, 3.63) is 11.9 Å². The van der Waals surface area contributed by atoms with Gasteiger partial charge in [-0.15, -0.1) is 0 Å². The highest BCUT2D eigenvalue weighted by Gasteiger charge is 2.18. The number of hydrogen-bond acceptors (Lipinski definition) is 4. The lowest BCUT2D eigenvalue weighted by atomic mass is 10.1. The number of aromatic nitrogens is 2. The number of nitrogens with two attached hydrogens (primary N) is 1. The van der Waals surface area contributed by atoms with E-state index in [1.165, 1.54) is 0 Å². The first-order valence-electron chi connectivity index (χ1n) is 4.80. The van der Waals surface area contributed by atoms with Crippen LogP contribution in [-0.4, -0.2) is 35.4 Å². The van der Waals surface area contributed by atoms with E-state index in [2.05, 4.69) is 14.9 Å². The van der Waals surface area contributed by atoms with Crippen LogP contribution in [0, 0.1) is 0 Å². The summed E-state index contributed by atoms with van der Waals surface area (Å²) in [6.07, 6.45) is 4.29. The normalized spacial score (nSPS) is 18.5. The number of nitrogens with one attached hydrogen (secondary N) is 1. The number of anilines is 1. The Morgan fingerprint density at radius 1 is 1.57 bits per heavy atom. The SMILES string of the molecule is NC1CCN(c2ncc(C=O)[nH]2)CC1. The molecule has 0 aliphatic carbocycles. The number of imidazole rings is 1. The van der Waals surface area contributed by atoms with Crippen molar-refractivity contribution in [3.8, 4) is 0 Å². The summed E-state index contributed by atoms with van der Waals surface area (Å²) in [5.74, 6) is 0.777. The van der Waals surface area contributed by atoms with Crippen molar-refractivity contribution in [2.75, 3.05) is 18.0 Å². The van der Waals surface area contributed by atoms with Crippen molar-refractivity contribution in [2.24, 2.45) is 5.73 Å². The second-order valence-electron chi connectivity index (χ2n) is 3.60. The average Bonchev–Trinajstić information content (AvgIpc) is 2.67. The lowest BCUT2D eigenvalue weighted by molar-refractivity contribution is 0.111. The Hall–Kier alpha value is -1.36. The Labute approximate surface area is 82.3 Å². The van der Waals surface area contributed by atoms with Crippen LogP contribution in [-0.2, 0) is 0 Å². The van der Waals surface area contributed by atoms with E-state index in [1.807, 2.05) is 0 Å². The molecule has 1 aliphatic rings. The predicted octanol–water partition coefficient (Wildman–Crippen LogP) is 0.150. The maximum Gasteiger partial charge on any atom is 0.203 e. The highest BCUT2D eigenvalue weighted by atomic mass is 16.1. The molecule has 0 aromatic carbocycles. The molecule has 0 atom stereocenters. The maximum atomic E-state index is 10.4. The first-order chi connectivity index (χ1) is 6.79. The van der Waals surface area contributed by atoms with E-state index in [0.717, 1.165) is 38.2 Å². The van der Waals surface area contributed by atoms with Crippen LogP contribution in [0.25, 0.3) is 0 Å². The van der Waals surface area contributed by atoms with Crippen LogP contribution in [0.5, 0.6) is 0 Å². The van der Waals surface area contributed by atoms with Gasteiger partial charge in [-0.3, -0.25) is 4.79 Å². The van der Waals surface area contributed by atoms with Crippen LogP contribution in [0.4, 0.5) is 5.95 Å². The van der Waals surface area contributed by atoms with Gasteiger partial charge in [0, 0.05) is 19.1 Å². The van der Waals surface area contributed by atoms with Crippen molar-refractivity contribution in [1.29, 1.82) is 0 Å². The molecule has 2 rings (SSSR count). The summed E-state index contributed by atoms with van der Waals surface area (Å²) in [6.45, 7) is 1.82. The Morgan fingerprint density at radius 3 is 2.86 bits per heavy atom. The van der Waals surface area contributed by atoms with Gasteiger partial charge in [0.15, 0.2) is 6.29 Å². The molecule has 1 fully saturated rings. The summed E-state index contributed by atoms with van der Waals surface area (Å²) >= 11 is 0. The minimum absolute atomic E-state index is 0.312. The molecule has 76 valence electrons. The molecule has 0 spiro atoms. The molecule has 5 heteroatoms. The smallest absolute Gasteiger partial charge is 0.203 e. The van der Waals surface area contributed by atoms with E-state index < -0.39 is 0 Å². The Bertz CT molecular complexity index is 314. The Morgan fingerprint density at radius 2 is 2.29 bits per heavy atom. The quantitative estimate of drug-likeness (QED) is 0.657. The number of aromatic amines is 1. The number of carbonyl (C=O) groups is 1. The van der Waals surface area contributed by atoms with E-state index >= 15 is 0 Å². The van der Waals surface area contributed by atoms with E-state index in [4.69, 9.17) is 5.73 Å². The number of rotatable bonds is 2. The van der Waals surface area contributed by atoms with Crippen LogP contribution < -0.4 is 10.6 Å². The Balaban J connectivity index is 2.04. The van der Waals surface area contributed by atoms with Gasteiger partial charge in [-0.2, -0.15) is 0 Å². The molecule has 3 N–H and O–H groups in total.